The lowest BCUT2D eigenvalue weighted by Crippen LogP contribution is -2.28. The van der Waals surface area contributed by atoms with Gasteiger partial charge in [-0.25, -0.2) is 0 Å². The second-order valence-corrected chi connectivity index (χ2v) is 4.97. The van der Waals surface area contributed by atoms with Crippen molar-refractivity contribution in [3.63, 3.8) is 0 Å². The molecule has 6 nitrogen and oxygen atoms in total. The number of hydrogen-bond donors (Lipinski definition) is 1. The summed E-state index contributed by atoms with van der Waals surface area (Å²) < 4.78 is 5.09. The monoisotopic (exact) mass is 294 g/mol. The van der Waals surface area contributed by atoms with E-state index in [1.54, 1.807) is 6.92 Å². The topological polar surface area (TPSA) is 75.7 Å². The molecule has 1 fully saturated rings. The summed E-state index contributed by atoms with van der Waals surface area (Å²) in [5.74, 6) is -1.60. The molecule has 2 amide bonds. The highest BCUT2D eigenvalue weighted by Crippen LogP contribution is 2.19. The Morgan fingerprint density at radius 1 is 1.48 bits per heavy atom. The van der Waals surface area contributed by atoms with E-state index in [9.17, 15) is 14.4 Å². The minimum Gasteiger partial charge on any atom is -0.465 e. The van der Waals surface area contributed by atoms with Crippen molar-refractivity contribution in [3.05, 3.63) is 24.9 Å². The molecule has 1 heterocycles. The highest BCUT2D eigenvalue weighted by Gasteiger charge is 2.36. The summed E-state index contributed by atoms with van der Waals surface area (Å²) in [5.41, 5.74) is 0.466. The summed E-state index contributed by atoms with van der Waals surface area (Å²) in [6.45, 7) is 9.96. The number of esters is 1. The molecule has 1 aliphatic heterocycles. The molecule has 0 bridgehead atoms. The number of carbonyl (C=O) groups is 3. The first-order valence-electron chi connectivity index (χ1n) is 7.00. The van der Waals surface area contributed by atoms with E-state index in [1.807, 2.05) is 0 Å². The van der Waals surface area contributed by atoms with E-state index in [0.29, 0.717) is 37.9 Å². The number of likely N-dealkylation sites (tertiary alicyclic amines) is 1. The molecule has 0 saturated carbocycles. The maximum absolute atomic E-state index is 11.8. The third kappa shape index (κ3) is 5.06. The highest BCUT2D eigenvalue weighted by atomic mass is 16.5. The fraction of sp³-hybridized carbons (Fsp3) is 0.533. The minimum absolute atomic E-state index is 0.173. The Hall–Kier alpha value is -2.11. The lowest BCUT2D eigenvalue weighted by Gasteiger charge is -2.11. The van der Waals surface area contributed by atoms with Crippen LogP contribution in [0.15, 0.2) is 24.9 Å². The van der Waals surface area contributed by atoms with Gasteiger partial charge in [-0.3, -0.25) is 14.4 Å². The molecule has 1 N–H and O–H groups in total. The van der Waals surface area contributed by atoms with Crippen molar-refractivity contribution in [2.75, 3.05) is 19.7 Å². The van der Waals surface area contributed by atoms with Gasteiger partial charge in [0.15, 0.2) is 0 Å². The van der Waals surface area contributed by atoms with E-state index in [-0.39, 0.29) is 18.4 Å². The van der Waals surface area contributed by atoms with Crippen LogP contribution in [0.3, 0.4) is 0 Å². The van der Waals surface area contributed by atoms with Gasteiger partial charge in [0.25, 0.3) is 0 Å². The summed E-state index contributed by atoms with van der Waals surface area (Å²) >= 11 is 0. The molecule has 0 aromatic heterocycles. The molecule has 21 heavy (non-hydrogen) atoms. The molecule has 1 saturated heterocycles. The average Bonchev–Trinajstić information content (AvgIpc) is 2.82. The van der Waals surface area contributed by atoms with Crippen molar-refractivity contribution < 1.29 is 19.1 Å². The van der Waals surface area contributed by atoms with Gasteiger partial charge >= 0.3 is 5.97 Å². The normalized spacial score (nSPS) is 17.5. The molecule has 0 aromatic rings. The van der Waals surface area contributed by atoms with E-state index in [0.717, 1.165) is 0 Å². The van der Waals surface area contributed by atoms with E-state index in [2.05, 4.69) is 18.5 Å². The van der Waals surface area contributed by atoms with Gasteiger partial charge < -0.3 is 15.0 Å². The number of nitrogens with one attached hydrogen (secondary N) is 1. The number of hydrogen-bond acceptors (Lipinski definition) is 4. The lowest BCUT2D eigenvalue weighted by molar-refractivity contribution is -0.152. The van der Waals surface area contributed by atoms with Crippen LogP contribution in [-0.4, -0.2) is 42.4 Å². The fourth-order valence-corrected chi connectivity index (χ4v) is 1.96. The van der Waals surface area contributed by atoms with Gasteiger partial charge in [-0.15, -0.1) is 0 Å². The lowest BCUT2D eigenvalue weighted by atomic mass is 10.1. The van der Waals surface area contributed by atoms with Crippen LogP contribution in [0, 0.1) is 5.92 Å². The summed E-state index contributed by atoms with van der Waals surface area (Å²) in [6.07, 6.45) is 3.23. The van der Waals surface area contributed by atoms with Crippen molar-refractivity contribution >= 4 is 17.8 Å². The van der Waals surface area contributed by atoms with Crippen LogP contribution in [0.4, 0.5) is 0 Å². The molecule has 1 atom stereocenters. The number of unbranched alkanes of at least 4 members (excludes halogenated alkanes) is 1. The number of ether oxygens (including phenoxy) is 1. The Morgan fingerprint density at radius 2 is 2.19 bits per heavy atom. The molecule has 116 valence electrons. The minimum atomic E-state index is -0.703. The highest BCUT2D eigenvalue weighted by molar-refractivity contribution is 5.99. The van der Waals surface area contributed by atoms with Crippen LogP contribution in [0.25, 0.3) is 0 Å². The van der Waals surface area contributed by atoms with E-state index in [1.165, 1.54) is 11.1 Å². The third-order valence-electron chi connectivity index (χ3n) is 3.23. The smallest absolute Gasteiger partial charge is 0.318 e. The van der Waals surface area contributed by atoms with Crippen LogP contribution in [0.5, 0.6) is 0 Å². The standard InChI is InChI=1S/C15H22N2O4/c1-4-17-9-7-12(14(17)19)15(20)21-10-6-5-8-16-13(18)11(2)3/h4,12H,1-2,5-10H2,3H3,(H,16,18). The Labute approximate surface area is 124 Å². The molecule has 0 aromatic carbocycles. The van der Waals surface area contributed by atoms with Gasteiger partial charge in [-0.2, -0.15) is 0 Å². The summed E-state index contributed by atoms with van der Waals surface area (Å²) in [7, 11) is 0. The number of amides is 2. The Balaban J connectivity index is 2.14. The third-order valence-corrected chi connectivity index (χ3v) is 3.23. The molecule has 0 aliphatic carbocycles. The number of nitrogens with zero attached hydrogens (tertiary/aromatic N) is 1. The van der Waals surface area contributed by atoms with Gasteiger partial charge in [0.1, 0.15) is 5.92 Å². The van der Waals surface area contributed by atoms with Gasteiger partial charge in [0.05, 0.1) is 6.61 Å². The van der Waals surface area contributed by atoms with E-state index < -0.39 is 11.9 Å². The van der Waals surface area contributed by atoms with Gasteiger partial charge in [0, 0.05) is 18.7 Å². The van der Waals surface area contributed by atoms with Crippen LogP contribution < -0.4 is 5.32 Å². The Kier molecular flexibility index (Phi) is 6.65. The maximum Gasteiger partial charge on any atom is 0.318 e. The predicted molar refractivity (Wildman–Crippen MR) is 78.0 cm³/mol. The molecule has 1 rings (SSSR count). The quantitative estimate of drug-likeness (QED) is 0.313. The molecule has 6 heteroatoms. The number of rotatable bonds is 8. The van der Waals surface area contributed by atoms with Crippen molar-refractivity contribution in [2.24, 2.45) is 5.92 Å². The Morgan fingerprint density at radius 3 is 2.76 bits per heavy atom. The first-order chi connectivity index (χ1) is 9.97. The summed E-state index contributed by atoms with van der Waals surface area (Å²) in [6, 6.07) is 0. The summed E-state index contributed by atoms with van der Waals surface area (Å²) in [4.78, 5) is 36.1. The average molecular weight is 294 g/mol. The molecule has 1 unspecified atom stereocenters. The maximum atomic E-state index is 11.8. The SMILES string of the molecule is C=CN1CCC(C(=O)OCCCCNC(=O)C(=C)C)C1=O. The van der Waals surface area contributed by atoms with E-state index in [4.69, 9.17) is 4.74 Å². The van der Waals surface area contributed by atoms with Crippen LogP contribution >= 0.6 is 0 Å². The van der Waals surface area contributed by atoms with Crippen LogP contribution in [0.1, 0.15) is 26.2 Å². The van der Waals surface area contributed by atoms with Crippen molar-refractivity contribution in [1.29, 1.82) is 0 Å². The van der Waals surface area contributed by atoms with E-state index >= 15 is 0 Å². The molecule has 0 spiro atoms. The second kappa shape index (κ2) is 8.24. The fourth-order valence-electron chi connectivity index (χ4n) is 1.96. The van der Waals surface area contributed by atoms with Crippen molar-refractivity contribution in [2.45, 2.75) is 26.2 Å². The second-order valence-electron chi connectivity index (χ2n) is 4.97. The van der Waals surface area contributed by atoms with Gasteiger partial charge in [-0.1, -0.05) is 13.2 Å². The molecule has 1 aliphatic rings. The summed E-state index contributed by atoms with van der Waals surface area (Å²) in [5, 5.41) is 2.69. The predicted octanol–water partition coefficient (Wildman–Crippen LogP) is 0.994. The molecular formula is C15H22N2O4. The first-order valence-corrected chi connectivity index (χ1v) is 7.00. The zero-order valence-electron chi connectivity index (χ0n) is 12.4. The molecule has 0 radical (unpaired) electrons. The molecular weight excluding hydrogens is 272 g/mol. The van der Waals surface area contributed by atoms with Crippen LogP contribution in [0.2, 0.25) is 0 Å². The van der Waals surface area contributed by atoms with Crippen LogP contribution in [-0.2, 0) is 19.1 Å². The number of carbonyl (C=O) groups excluding carboxylic acids is 3. The first kappa shape index (κ1) is 16.9. The van der Waals surface area contributed by atoms with Crippen molar-refractivity contribution in [3.8, 4) is 0 Å². The van der Waals surface area contributed by atoms with Gasteiger partial charge in [-0.05, 0) is 32.4 Å². The largest absolute Gasteiger partial charge is 0.465 e. The zero-order chi connectivity index (χ0) is 15.8. The van der Waals surface area contributed by atoms with Gasteiger partial charge in [0.2, 0.25) is 11.8 Å². The Bertz CT molecular complexity index is 445. The van der Waals surface area contributed by atoms with Crippen molar-refractivity contribution in [1.82, 2.24) is 10.2 Å². The zero-order valence-corrected chi connectivity index (χ0v) is 12.4.